The molecule has 0 aliphatic heterocycles. The molecular weight excluding hydrogens is 170 g/mol. The molecule has 0 radical (unpaired) electrons. The quantitative estimate of drug-likeness (QED) is 0.408. The highest BCUT2D eigenvalue weighted by Crippen LogP contribution is 2.33. The van der Waals surface area contributed by atoms with Gasteiger partial charge in [0.25, 0.3) is 0 Å². The van der Waals surface area contributed by atoms with Crippen LogP contribution in [0.2, 0.25) is 0 Å². The molecule has 0 saturated heterocycles. The van der Waals surface area contributed by atoms with Gasteiger partial charge in [-0.3, -0.25) is 4.79 Å². The molecule has 13 heavy (non-hydrogen) atoms. The minimum absolute atomic E-state index is 0.120. The zero-order valence-electron chi connectivity index (χ0n) is 7.50. The third-order valence-corrected chi connectivity index (χ3v) is 1.73. The number of benzene rings is 1. The van der Waals surface area contributed by atoms with Crippen molar-refractivity contribution in [1.82, 2.24) is 0 Å². The molecule has 1 aromatic rings. The van der Waals surface area contributed by atoms with Crippen LogP contribution in [0.3, 0.4) is 0 Å². The van der Waals surface area contributed by atoms with E-state index in [2.05, 4.69) is 0 Å². The minimum atomic E-state index is -0.132. The number of nitrogen functional groups attached to an aromatic ring is 1. The maximum absolute atomic E-state index is 11.0. The standard InChI is InChI=1S/C9H11NO3/c1-5(11)6-3-7(10)9(12)8(4-6)13-2/h3-4,12H,10H2,1-2H3. The summed E-state index contributed by atoms with van der Waals surface area (Å²) in [6, 6.07) is 2.87. The highest BCUT2D eigenvalue weighted by molar-refractivity contribution is 5.96. The van der Waals surface area contributed by atoms with Gasteiger partial charge in [0, 0.05) is 5.56 Å². The number of phenols is 1. The number of carbonyl (C=O) groups excluding carboxylic acids is 1. The van der Waals surface area contributed by atoms with Gasteiger partial charge in [-0.25, -0.2) is 0 Å². The van der Waals surface area contributed by atoms with Crippen LogP contribution in [-0.2, 0) is 0 Å². The highest BCUT2D eigenvalue weighted by atomic mass is 16.5. The number of rotatable bonds is 2. The molecule has 0 fully saturated rings. The molecule has 0 unspecified atom stereocenters. The largest absolute Gasteiger partial charge is 0.503 e. The molecule has 0 heterocycles. The molecule has 0 aromatic heterocycles. The maximum atomic E-state index is 11.0. The van der Waals surface area contributed by atoms with Gasteiger partial charge in [0.1, 0.15) is 0 Å². The summed E-state index contributed by atoms with van der Waals surface area (Å²) in [7, 11) is 1.40. The molecule has 3 N–H and O–H groups in total. The number of phenolic OH excluding ortho intramolecular Hbond substituents is 1. The van der Waals surface area contributed by atoms with Crippen molar-refractivity contribution in [3.05, 3.63) is 17.7 Å². The molecule has 0 aliphatic carbocycles. The Hall–Kier alpha value is -1.71. The molecule has 0 spiro atoms. The van der Waals surface area contributed by atoms with Crippen LogP contribution in [-0.4, -0.2) is 18.0 Å². The van der Waals surface area contributed by atoms with Crippen molar-refractivity contribution in [2.24, 2.45) is 0 Å². The second-order valence-corrected chi connectivity index (χ2v) is 2.67. The van der Waals surface area contributed by atoms with Crippen molar-refractivity contribution in [3.63, 3.8) is 0 Å². The fourth-order valence-corrected chi connectivity index (χ4v) is 0.988. The van der Waals surface area contributed by atoms with E-state index in [1.807, 2.05) is 0 Å². The van der Waals surface area contributed by atoms with Crippen molar-refractivity contribution >= 4 is 11.5 Å². The zero-order valence-corrected chi connectivity index (χ0v) is 7.50. The molecule has 0 saturated carbocycles. The molecule has 0 bridgehead atoms. The molecule has 4 nitrogen and oxygen atoms in total. The van der Waals surface area contributed by atoms with E-state index < -0.39 is 0 Å². The number of ether oxygens (including phenoxy) is 1. The maximum Gasteiger partial charge on any atom is 0.181 e. The first-order valence-electron chi connectivity index (χ1n) is 3.73. The van der Waals surface area contributed by atoms with Crippen LogP contribution in [0.15, 0.2) is 12.1 Å². The first kappa shape index (κ1) is 9.38. The number of anilines is 1. The van der Waals surface area contributed by atoms with Gasteiger partial charge in [-0.2, -0.15) is 0 Å². The van der Waals surface area contributed by atoms with Crippen molar-refractivity contribution < 1.29 is 14.6 Å². The predicted octanol–water partition coefficient (Wildman–Crippen LogP) is 1.19. The lowest BCUT2D eigenvalue weighted by molar-refractivity contribution is 0.101. The Kier molecular flexibility index (Phi) is 2.41. The number of aromatic hydroxyl groups is 1. The first-order chi connectivity index (χ1) is 6.06. The topological polar surface area (TPSA) is 72.5 Å². The summed E-state index contributed by atoms with van der Waals surface area (Å²) in [6.45, 7) is 1.42. The Balaban J connectivity index is 3.30. The summed E-state index contributed by atoms with van der Waals surface area (Å²) < 4.78 is 4.83. The lowest BCUT2D eigenvalue weighted by atomic mass is 10.1. The Morgan fingerprint density at radius 1 is 1.54 bits per heavy atom. The molecule has 1 rings (SSSR count). The number of Topliss-reactive ketones (excluding diaryl/α,β-unsaturated/α-hetero) is 1. The van der Waals surface area contributed by atoms with Gasteiger partial charge >= 0.3 is 0 Å². The minimum Gasteiger partial charge on any atom is -0.503 e. The van der Waals surface area contributed by atoms with Crippen LogP contribution in [0, 0.1) is 0 Å². The van der Waals surface area contributed by atoms with Gasteiger partial charge in [-0.05, 0) is 19.1 Å². The number of hydrogen-bond donors (Lipinski definition) is 2. The molecule has 0 atom stereocenters. The van der Waals surface area contributed by atoms with Gasteiger partial charge in [0.15, 0.2) is 17.3 Å². The molecule has 0 aliphatic rings. The summed E-state index contributed by atoms with van der Waals surface area (Å²) >= 11 is 0. The fourth-order valence-electron chi connectivity index (χ4n) is 0.988. The zero-order chi connectivity index (χ0) is 10.0. The van der Waals surface area contributed by atoms with Crippen molar-refractivity contribution in [1.29, 1.82) is 0 Å². The average Bonchev–Trinajstić information content (AvgIpc) is 2.09. The lowest BCUT2D eigenvalue weighted by Gasteiger charge is -2.07. The van der Waals surface area contributed by atoms with E-state index in [0.29, 0.717) is 5.56 Å². The number of methoxy groups -OCH3 is 1. The van der Waals surface area contributed by atoms with E-state index in [4.69, 9.17) is 10.5 Å². The van der Waals surface area contributed by atoms with E-state index in [0.717, 1.165) is 0 Å². The van der Waals surface area contributed by atoms with Crippen LogP contribution >= 0.6 is 0 Å². The monoisotopic (exact) mass is 181 g/mol. The second-order valence-electron chi connectivity index (χ2n) is 2.67. The van der Waals surface area contributed by atoms with E-state index in [9.17, 15) is 9.90 Å². The third-order valence-electron chi connectivity index (χ3n) is 1.73. The van der Waals surface area contributed by atoms with E-state index >= 15 is 0 Å². The molecule has 0 amide bonds. The van der Waals surface area contributed by atoms with Gasteiger partial charge < -0.3 is 15.6 Å². The van der Waals surface area contributed by atoms with E-state index in [-0.39, 0.29) is 23.0 Å². The van der Waals surface area contributed by atoms with E-state index in [1.54, 1.807) is 0 Å². The van der Waals surface area contributed by atoms with Crippen LogP contribution in [0.1, 0.15) is 17.3 Å². The molecule has 70 valence electrons. The third kappa shape index (κ3) is 1.72. The summed E-state index contributed by atoms with van der Waals surface area (Å²) in [5.74, 6) is -0.0392. The number of carbonyl (C=O) groups is 1. The molecule has 1 aromatic carbocycles. The summed E-state index contributed by atoms with van der Waals surface area (Å²) in [6.07, 6.45) is 0. The van der Waals surface area contributed by atoms with Gasteiger partial charge in [-0.1, -0.05) is 0 Å². The Labute approximate surface area is 75.9 Å². The van der Waals surface area contributed by atoms with Gasteiger partial charge in [0.05, 0.1) is 12.8 Å². The Bertz CT molecular complexity index is 347. The van der Waals surface area contributed by atoms with Gasteiger partial charge in [0.2, 0.25) is 0 Å². The SMILES string of the molecule is COc1cc(C(C)=O)cc(N)c1O. The average molecular weight is 181 g/mol. The van der Waals surface area contributed by atoms with Crippen molar-refractivity contribution in [2.45, 2.75) is 6.92 Å². The Morgan fingerprint density at radius 3 is 2.62 bits per heavy atom. The van der Waals surface area contributed by atoms with Crippen LogP contribution in [0.25, 0.3) is 0 Å². The van der Waals surface area contributed by atoms with Crippen molar-refractivity contribution in [2.75, 3.05) is 12.8 Å². The molecular formula is C9H11NO3. The fraction of sp³-hybridized carbons (Fsp3) is 0.222. The smallest absolute Gasteiger partial charge is 0.181 e. The second kappa shape index (κ2) is 3.35. The summed E-state index contributed by atoms with van der Waals surface area (Å²) in [5.41, 5.74) is 6.02. The van der Waals surface area contributed by atoms with Crippen molar-refractivity contribution in [3.8, 4) is 11.5 Å². The lowest BCUT2D eigenvalue weighted by Crippen LogP contribution is -1.97. The molecule has 4 heteroatoms. The van der Waals surface area contributed by atoms with Gasteiger partial charge in [-0.15, -0.1) is 0 Å². The van der Waals surface area contributed by atoms with E-state index in [1.165, 1.54) is 26.2 Å². The Morgan fingerprint density at radius 2 is 2.15 bits per heavy atom. The number of nitrogens with two attached hydrogens (primary N) is 1. The number of ketones is 1. The predicted molar refractivity (Wildman–Crippen MR) is 49.1 cm³/mol. The number of hydrogen-bond acceptors (Lipinski definition) is 4. The van der Waals surface area contributed by atoms with Crippen LogP contribution < -0.4 is 10.5 Å². The van der Waals surface area contributed by atoms with Crippen LogP contribution in [0.4, 0.5) is 5.69 Å². The van der Waals surface area contributed by atoms with Crippen LogP contribution in [0.5, 0.6) is 11.5 Å². The summed E-state index contributed by atoms with van der Waals surface area (Å²) in [5, 5.41) is 9.34. The first-order valence-corrected chi connectivity index (χ1v) is 3.73. The summed E-state index contributed by atoms with van der Waals surface area (Å²) in [4.78, 5) is 11.0. The normalized spacial score (nSPS) is 9.69. The highest BCUT2D eigenvalue weighted by Gasteiger charge is 2.09.